The molecule has 0 saturated heterocycles. The predicted octanol–water partition coefficient (Wildman–Crippen LogP) is 1.61. The molecule has 2 aromatic rings. The molecule has 3 nitrogen and oxygen atoms in total. The highest BCUT2D eigenvalue weighted by Gasteiger charge is 2.08. The van der Waals surface area contributed by atoms with E-state index in [2.05, 4.69) is 4.98 Å². The molecule has 5 heteroatoms. The molecule has 78 valence electrons. The van der Waals surface area contributed by atoms with Gasteiger partial charge in [-0.1, -0.05) is 0 Å². The second kappa shape index (κ2) is 3.78. The van der Waals surface area contributed by atoms with E-state index in [0.717, 1.165) is 18.2 Å². The first-order valence-corrected chi connectivity index (χ1v) is 4.39. The number of rotatable bonds is 2. The summed E-state index contributed by atoms with van der Waals surface area (Å²) in [5, 5.41) is 0. The molecule has 2 rings (SSSR count). The average Bonchev–Trinajstić information content (AvgIpc) is 2.69. The summed E-state index contributed by atoms with van der Waals surface area (Å²) in [7, 11) is 0. The Morgan fingerprint density at radius 2 is 2.13 bits per heavy atom. The Hall–Kier alpha value is -1.75. The normalized spacial score (nSPS) is 10.6. The fourth-order valence-corrected chi connectivity index (χ4v) is 1.36. The highest BCUT2D eigenvalue weighted by Crippen LogP contribution is 2.16. The van der Waals surface area contributed by atoms with Gasteiger partial charge in [-0.2, -0.15) is 0 Å². The monoisotopic (exact) mass is 209 g/mol. The number of aromatic nitrogens is 2. The van der Waals surface area contributed by atoms with Crippen LogP contribution in [0.3, 0.4) is 0 Å². The van der Waals surface area contributed by atoms with Gasteiger partial charge in [0, 0.05) is 18.8 Å². The molecule has 0 atom stereocenters. The third-order valence-electron chi connectivity index (χ3n) is 2.09. The predicted molar refractivity (Wildman–Crippen MR) is 51.4 cm³/mol. The second-order valence-electron chi connectivity index (χ2n) is 3.05. The van der Waals surface area contributed by atoms with Gasteiger partial charge >= 0.3 is 0 Å². The lowest BCUT2D eigenvalue weighted by molar-refractivity contribution is 0.590. The third kappa shape index (κ3) is 1.73. The van der Waals surface area contributed by atoms with Crippen LogP contribution < -0.4 is 5.73 Å². The Morgan fingerprint density at radius 3 is 2.87 bits per heavy atom. The summed E-state index contributed by atoms with van der Waals surface area (Å²) in [6.45, 7) is 0.218. The summed E-state index contributed by atoms with van der Waals surface area (Å²) >= 11 is 0. The Bertz CT molecular complexity index is 479. The summed E-state index contributed by atoms with van der Waals surface area (Å²) in [5.41, 5.74) is 6.19. The first-order chi connectivity index (χ1) is 7.22. The maximum Gasteiger partial charge on any atom is 0.147 e. The fraction of sp³-hybridized carbons (Fsp3) is 0.100. The molecule has 0 saturated carbocycles. The van der Waals surface area contributed by atoms with E-state index in [1.165, 1.54) is 17.1 Å². The second-order valence-corrected chi connectivity index (χ2v) is 3.05. The molecule has 1 aromatic carbocycles. The molecule has 0 fully saturated rings. The van der Waals surface area contributed by atoms with Crippen LogP contribution in [0.15, 0.2) is 30.7 Å². The van der Waals surface area contributed by atoms with Crippen LogP contribution in [0.4, 0.5) is 8.78 Å². The first kappa shape index (κ1) is 9.79. The van der Waals surface area contributed by atoms with Crippen molar-refractivity contribution >= 4 is 0 Å². The van der Waals surface area contributed by atoms with E-state index in [4.69, 9.17) is 5.73 Å². The molecule has 0 bridgehead atoms. The number of benzene rings is 1. The van der Waals surface area contributed by atoms with Crippen molar-refractivity contribution in [3.05, 3.63) is 48.1 Å². The summed E-state index contributed by atoms with van der Waals surface area (Å²) in [6, 6.07) is 3.25. The van der Waals surface area contributed by atoms with Gasteiger partial charge in [0.15, 0.2) is 0 Å². The van der Waals surface area contributed by atoms with E-state index >= 15 is 0 Å². The molecule has 0 amide bonds. The first-order valence-electron chi connectivity index (χ1n) is 4.39. The van der Waals surface area contributed by atoms with Gasteiger partial charge in [-0.25, -0.2) is 13.8 Å². The lowest BCUT2D eigenvalue weighted by Gasteiger charge is -2.07. The minimum absolute atomic E-state index is 0.118. The highest BCUT2D eigenvalue weighted by molar-refractivity contribution is 5.35. The van der Waals surface area contributed by atoms with Crippen LogP contribution in [0, 0.1) is 11.6 Å². The zero-order valence-electron chi connectivity index (χ0n) is 7.82. The minimum Gasteiger partial charge on any atom is -0.325 e. The summed E-state index contributed by atoms with van der Waals surface area (Å²) in [5.74, 6) is -1.01. The van der Waals surface area contributed by atoms with Crippen molar-refractivity contribution in [2.45, 2.75) is 6.54 Å². The minimum atomic E-state index is -0.510. The van der Waals surface area contributed by atoms with Crippen molar-refractivity contribution in [1.82, 2.24) is 9.55 Å². The molecule has 0 aliphatic heterocycles. The van der Waals surface area contributed by atoms with Crippen LogP contribution in [0.5, 0.6) is 0 Å². The topological polar surface area (TPSA) is 43.8 Å². The van der Waals surface area contributed by atoms with Gasteiger partial charge in [-0.05, 0) is 12.1 Å². The van der Waals surface area contributed by atoms with E-state index in [-0.39, 0.29) is 12.2 Å². The molecule has 0 aliphatic carbocycles. The number of imidazole rings is 1. The standard InChI is InChI=1S/C10H9F2N3/c11-7-1-2-9(12)10(3-7)15-6-14-5-8(15)4-13/h1-3,5-6H,4,13H2. The van der Waals surface area contributed by atoms with Gasteiger partial charge < -0.3 is 5.73 Å². The summed E-state index contributed by atoms with van der Waals surface area (Å²) < 4.78 is 27.8. The average molecular weight is 209 g/mol. The Kier molecular flexibility index (Phi) is 2.47. The quantitative estimate of drug-likeness (QED) is 0.816. The van der Waals surface area contributed by atoms with Gasteiger partial charge in [-0.15, -0.1) is 0 Å². The molecule has 0 unspecified atom stereocenters. The SMILES string of the molecule is NCc1cncn1-c1cc(F)ccc1F. The molecule has 15 heavy (non-hydrogen) atoms. The number of nitrogens with two attached hydrogens (primary N) is 1. The van der Waals surface area contributed by atoms with Gasteiger partial charge in [0.25, 0.3) is 0 Å². The number of halogens is 2. The number of hydrogen-bond donors (Lipinski definition) is 1. The molecule has 0 radical (unpaired) electrons. The van der Waals surface area contributed by atoms with Crippen molar-refractivity contribution in [3.8, 4) is 5.69 Å². The van der Waals surface area contributed by atoms with Crippen LogP contribution in [-0.4, -0.2) is 9.55 Å². The van der Waals surface area contributed by atoms with E-state index in [9.17, 15) is 8.78 Å². The van der Waals surface area contributed by atoms with Gasteiger partial charge in [0.05, 0.1) is 17.7 Å². The highest BCUT2D eigenvalue weighted by atomic mass is 19.1. The van der Waals surface area contributed by atoms with Crippen LogP contribution in [0.25, 0.3) is 5.69 Å². The molecular weight excluding hydrogens is 200 g/mol. The van der Waals surface area contributed by atoms with Crippen molar-refractivity contribution in [2.24, 2.45) is 5.73 Å². The van der Waals surface area contributed by atoms with E-state index < -0.39 is 11.6 Å². The van der Waals surface area contributed by atoms with Crippen LogP contribution in [-0.2, 0) is 6.54 Å². The Morgan fingerprint density at radius 1 is 1.33 bits per heavy atom. The largest absolute Gasteiger partial charge is 0.325 e. The third-order valence-corrected chi connectivity index (χ3v) is 2.09. The van der Waals surface area contributed by atoms with E-state index in [1.54, 1.807) is 0 Å². The molecule has 0 spiro atoms. The van der Waals surface area contributed by atoms with Gasteiger partial charge in [0.1, 0.15) is 11.6 Å². The van der Waals surface area contributed by atoms with Crippen molar-refractivity contribution in [2.75, 3.05) is 0 Å². The zero-order chi connectivity index (χ0) is 10.8. The summed E-state index contributed by atoms with van der Waals surface area (Å²) in [4.78, 5) is 3.83. The van der Waals surface area contributed by atoms with Crippen molar-refractivity contribution < 1.29 is 8.78 Å². The van der Waals surface area contributed by atoms with Crippen LogP contribution >= 0.6 is 0 Å². The number of hydrogen-bond acceptors (Lipinski definition) is 2. The maximum atomic E-state index is 13.4. The van der Waals surface area contributed by atoms with Gasteiger partial charge in [-0.3, -0.25) is 4.57 Å². The van der Waals surface area contributed by atoms with Gasteiger partial charge in [0.2, 0.25) is 0 Å². The van der Waals surface area contributed by atoms with Crippen LogP contribution in [0.2, 0.25) is 0 Å². The van der Waals surface area contributed by atoms with Crippen molar-refractivity contribution in [3.63, 3.8) is 0 Å². The Balaban J connectivity index is 2.58. The van der Waals surface area contributed by atoms with E-state index in [1.807, 2.05) is 0 Å². The zero-order valence-corrected chi connectivity index (χ0v) is 7.82. The number of nitrogens with zero attached hydrogens (tertiary/aromatic N) is 2. The molecule has 0 aliphatic rings. The maximum absolute atomic E-state index is 13.4. The molecule has 2 N–H and O–H groups in total. The van der Waals surface area contributed by atoms with Crippen LogP contribution in [0.1, 0.15) is 5.69 Å². The van der Waals surface area contributed by atoms with Crippen molar-refractivity contribution in [1.29, 1.82) is 0 Å². The summed E-state index contributed by atoms with van der Waals surface area (Å²) in [6.07, 6.45) is 2.92. The Labute approximate surface area is 85.2 Å². The molecular formula is C10H9F2N3. The molecule has 1 heterocycles. The lowest BCUT2D eigenvalue weighted by Crippen LogP contribution is -2.06. The molecule has 1 aromatic heterocycles. The smallest absolute Gasteiger partial charge is 0.147 e. The van der Waals surface area contributed by atoms with E-state index in [0.29, 0.717) is 5.69 Å². The lowest BCUT2D eigenvalue weighted by atomic mass is 10.3. The fourth-order valence-electron chi connectivity index (χ4n) is 1.36.